The summed E-state index contributed by atoms with van der Waals surface area (Å²) in [5, 5.41) is 0. The van der Waals surface area contributed by atoms with Crippen LogP contribution in [-0.4, -0.2) is 45.3 Å². The molecule has 13 heteroatoms. The van der Waals surface area contributed by atoms with Gasteiger partial charge in [-0.05, 0) is 13.0 Å². The second-order valence-corrected chi connectivity index (χ2v) is 10.1. The van der Waals surface area contributed by atoms with E-state index in [1.807, 2.05) is 0 Å². The molecule has 1 aliphatic heterocycles. The molecule has 5 unspecified atom stereocenters. The first kappa shape index (κ1) is 25.7. The van der Waals surface area contributed by atoms with E-state index in [-0.39, 0.29) is 12.0 Å². The Morgan fingerprint density at radius 1 is 1.34 bits per heavy atom. The zero-order valence-electron chi connectivity index (χ0n) is 17.0. The highest BCUT2D eigenvalue weighted by Crippen LogP contribution is 2.46. The molecule has 0 amide bonds. The van der Waals surface area contributed by atoms with E-state index in [0.29, 0.717) is 0 Å². The lowest BCUT2D eigenvalue weighted by molar-refractivity contribution is 0.00691. The predicted molar refractivity (Wildman–Crippen MR) is 107 cm³/mol. The second-order valence-electron chi connectivity index (χ2n) is 6.51. The van der Waals surface area contributed by atoms with E-state index in [4.69, 9.17) is 9.26 Å². The lowest BCUT2D eigenvalue weighted by atomic mass is 10.2. The maximum absolute atomic E-state index is 12.0. The van der Waals surface area contributed by atoms with Crippen LogP contribution in [0.2, 0.25) is 0 Å². The Bertz CT molecular complexity index is 918. The topological polar surface area (TPSA) is 157 Å². The number of rotatable bonds is 6. The average Bonchev–Trinajstić information content (AvgIpc) is 2.98. The largest absolute Gasteiger partial charge is 0.351 e. The zero-order chi connectivity index (χ0) is 22.4. The molecule has 11 nitrogen and oxygen atoms in total. The van der Waals surface area contributed by atoms with Crippen LogP contribution in [0, 0.1) is 6.92 Å². The van der Waals surface area contributed by atoms with Gasteiger partial charge in [0.25, 0.3) is 5.56 Å². The zero-order valence-corrected chi connectivity index (χ0v) is 18.8. The summed E-state index contributed by atoms with van der Waals surface area (Å²) < 4.78 is 39.4. The van der Waals surface area contributed by atoms with Crippen molar-refractivity contribution in [2.45, 2.75) is 52.0 Å². The van der Waals surface area contributed by atoms with Crippen molar-refractivity contribution in [2.75, 3.05) is 13.8 Å². The van der Waals surface area contributed by atoms with Crippen LogP contribution in [0.4, 0.5) is 0 Å². The van der Waals surface area contributed by atoms with Gasteiger partial charge in [-0.15, -0.1) is 0 Å². The first-order valence-electron chi connectivity index (χ1n) is 8.87. The van der Waals surface area contributed by atoms with Crippen LogP contribution in [0.1, 0.15) is 38.5 Å². The van der Waals surface area contributed by atoms with E-state index in [2.05, 4.69) is 23.4 Å². The van der Waals surface area contributed by atoms with Crippen molar-refractivity contribution >= 4 is 15.2 Å². The number of H-pyrrole nitrogens is 1. The fraction of sp³-hybridized carbons (Fsp3) is 0.625. The van der Waals surface area contributed by atoms with E-state index in [1.165, 1.54) is 25.6 Å². The minimum absolute atomic E-state index is 0.00149. The Kier molecular flexibility index (Phi) is 9.43. The predicted octanol–water partition coefficient (Wildman–Crippen LogP) is 2.09. The average molecular weight is 454 g/mol. The smallest absolute Gasteiger partial charge is 0.348 e. The summed E-state index contributed by atoms with van der Waals surface area (Å²) in [6.45, 7) is 6.74. The van der Waals surface area contributed by atoms with Crippen molar-refractivity contribution in [1.82, 2.24) is 9.55 Å². The molecule has 166 valence electrons. The third kappa shape index (κ3) is 8.14. The van der Waals surface area contributed by atoms with Crippen LogP contribution < -0.4 is 11.2 Å². The highest BCUT2D eigenvalue weighted by Gasteiger charge is 2.39. The number of nitrogens with one attached hydrogen (secondary N) is 1. The quantitative estimate of drug-likeness (QED) is 0.548. The molecule has 1 aromatic heterocycles. The molecule has 3 N–H and O–H groups in total. The molecule has 1 fully saturated rings. The van der Waals surface area contributed by atoms with Crippen molar-refractivity contribution in [1.29, 1.82) is 0 Å². The molecule has 2 rings (SSSR count). The maximum Gasteiger partial charge on any atom is 0.351 e. The van der Waals surface area contributed by atoms with E-state index in [0.717, 1.165) is 24.2 Å². The Labute approximate surface area is 168 Å². The van der Waals surface area contributed by atoms with E-state index >= 15 is 0 Å². The van der Waals surface area contributed by atoms with Crippen LogP contribution in [0.25, 0.3) is 0 Å². The van der Waals surface area contributed by atoms with Gasteiger partial charge in [0.05, 0.1) is 0 Å². The number of aromatic amines is 1. The van der Waals surface area contributed by atoms with Crippen LogP contribution >= 0.6 is 15.2 Å². The van der Waals surface area contributed by atoms with Crippen molar-refractivity contribution in [3.63, 3.8) is 0 Å². The lowest BCUT2D eigenvalue weighted by Gasteiger charge is -2.17. The van der Waals surface area contributed by atoms with E-state index in [9.17, 15) is 28.5 Å². The normalized spacial score (nSPS) is 25.8. The highest BCUT2D eigenvalue weighted by molar-refractivity contribution is 7.56. The molecule has 5 atom stereocenters. The van der Waals surface area contributed by atoms with Crippen molar-refractivity contribution in [2.24, 2.45) is 0 Å². The lowest BCUT2D eigenvalue weighted by Crippen LogP contribution is -2.33. The molecule has 29 heavy (non-hydrogen) atoms. The molecule has 1 aromatic rings. The molecule has 0 aliphatic carbocycles. The van der Waals surface area contributed by atoms with Gasteiger partial charge in [-0.2, -0.15) is 0 Å². The van der Waals surface area contributed by atoms with Crippen LogP contribution in [0.3, 0.4) is 0 Å². The Hall–Kier alpha value is -1.32. The molecule has 0 saturated carbocycles. The third-order valence-electron chi connectivity index (χ3n) is 3.63. The molecule has 0 radical (unpaired) electrons. The molecule has 0 aromatic carbocycles. The summed E-state index contributed by atoms with van der Waals surface area (Å²) in [5.74, 6) is 0.870. The number of hydrogen-bond acceptors (Lipinski definition) is 7. The minimum atomic E-state index is -3.98. The summed E-state index contributed by atoms with van der Waals surface area (Å²) >= 11 is 0. The fourth-order valence-corrected chi connectivity index (χ4v) is 3.63. The highest BCUT2D eigenvalue weighted by atomic mass is 31.2. The van der Waals surface area contributed by atoms with Gasteiger partial charge in [-0.25, -0.2) is 4.79 Å². The molecule has 2 heterocycles. The van der Waals surface area contributed by atoms with Crippen molar-refractivity contribution in [3.8, 4) is 0 Å². The summed E-state index contributed by atoms with van der Waals surface area (Å²) in [7, 11) is -6.83. The number of aromatic nitrogens is 2. The number of aryl methyl sites for hydroxylation is 1. The van der Waals surface area contributed by atoms with Gasteiger partial charge in [0, 0.05) is 37.8 Å². The summed E-state index contributed by atoms with van der Waals surface area (Å²) in [6.07, 6.45) is 0.856. The van der Waals surface area contributed by atoms with Gasteiger partial charge in [0.2, 0.25) is 0 Å². The second kappa shape index (κ2) is 10.6. The van der Waals surface area contributed by atoms with Crippen molar-refractivity contribution in [3.05, 3.63) is 44.5 Å². The number of nitrogens with zero attached hydrogens (tertiary/aromatic N) is 1. The molecular weight excluding hydrogens is 426 g/mol. The van der Waals surface area contributed by atoms with Crippen molar-refractivity contribution < 1.29 is 32.7 Å². The summed E-state index contributed by atoms with van der Waals surface area (Å²) in [4.78, 5) is 44.5. The standard InChI is InChI=1S/C13H20N2O9P2.C3H8/c1-8-7-15(13(17)14-12(8)16)11-6-10(24-25(3,18)19)9(23-11)4-5-26(20,21)22-2;1-3-2/h4-5,7,9-11H,6H2,1-3H3,(H,18,19)(H,20,21)(H,14,16,17);3H2,1-2H3/b5-4+;. The van der Waals surface area contributed by atoms with Gasteiger partial charge in [0.1, 0.15) is 18.4 Å². The van der Waals surface area contributed by atoms with Gasteiger partial charge >= 0.3 is 20.9 Å². The van der Waals surface area contributed by atoms with Crippen LogP contribution in [0.15, 0.2) is 27.7 Å². The summed E-state index contributed by atoms with van der Waals surface area (Å²) in [5.41, 5.74) is -0.988. The SMILES string of the molecule is CCC.COP(=O)(O)/C=C/C1OC(n2cc(C)c(=O)[nH]c2=O)CC1OP(C)(=O)O. The van der Waals surface area contributed by atoms with Gasteiger partial charge in [-0.1, -0.05) is 20.3 Å². The third-order valence-corrected chi connectivity index (χ3v) is 5.36. The van der Waals surface area contributed by atoms with E-state index in [1.54, 1.807) is 0 Å². The molecule has 0 spiro atoms. The number of hydrogen-bond donors (Lipinski definition) is 3. The van der Waals surface area contributed by atoms with Crippen LogP contribution in [0.5, 0.6) is 0 Å². The molecule has 1 aliphatic rings. The fourth-order valence-electron chi connectivity index (χ4n) is 2.41. The monoisotopic (exact) mass is 454 g/mol. The van der Waals surface area contributed by atoms with Gasteiger partial charge < -0.3 is 23.6 Å². The van der Waals surface area contributed by atoms with Gasteiger partial charge in [-0.3, -0.25) is 23.5 Å². The number of ether oxygens (including phenoxy) is 1. The Morgan fingerprint density at radius 2 is 1.93 bits per heavy atom. The summed E-state index contributed by atoms with van der Waals surface area (Å²) in [6, 6.07) is 0. The Morgan fingerprint density at radius 3 is 2.45 bits per heavy atom. The molecular formula is C16H28N2O9P2. The minimum Gasteiger partial charge on any atom is -0.348 e. The first-order chi connectivity index (χ1) is 13.3. The van der Waals surface area contributed by atoms with E-state index < -0.39 is 44.9 Å². The molecule has 0 bridgehead atoms. The van der Waals surface area contributed by atoms with Crippen LogP contribution in [-0.2, 0) is 22.9 Å². The van der Waals surface area contributed by atoms with Gasteiger partial charge in [0.15, 0.2) is 0 Å². The Balaban J connectivity index is 0.00000132. The maximum atomic E-state index is 12.0. The molecule has 1 saturated heterocycles. The first-order valence-corrected chi connectivity index (χ1v) is 12.5.